The number of carbonyl (C=O) groups is 2. The molecule has 5 nitrogen and oxygen atoms in total. The van der Waals surface area contributed by atoms with Crippen molar-refractivity contribution in [2.45, 2.75) is 25.4 Å². The first-order valence-corrected chi connectivity index (χ1v) is 5.91. The van der Waals surface area contributed by atoms with Crippen LogP contribution in [0.2, 0.25) is 0 Å². The van der Waals surface area contributed by atoms with Crippen molar-refractivity contribution < 1.29 is 14.7 Å². The number of benzene rings is 1. The highest BCUT2D eigenvalue weighted by Gasteiger charge is 2.27. The first-order valence-electron chi connectivity index (χ1n) is 5.91. The Kier molecular flexibility index (Phi) is 3.62. The average molecular weight is 248 g/mol. The van der Waals surface area contributed by atoms with Crippen LogP contribution < -0.4 is 10.6 Å². The number of aliphatic carboxylic acids is 1. The monoisotopic (exact) mass is 248 g/mol. The third-order valence-electron chi connectivity index (χ3n) is 3.14. The number of carboxylic acids is 1. The fraction of sp³-hybridized carbons (Fsp3) is 0.385. The number of hydrogen-bond acceptors (Lipinski definition) is 3. The summed E-state index contributed by atoms with van der Waals surface area (Å²) < 4.78 is 0. The van der Waals surface area contributed by atoms with Gasteiger partial charge in [-0.25, -0.2) is 0 Å². The van der Waals surface area contributed by atoms with Crippen molar-refractivity contribution in [1.29, 1.82) is 0 Å². The largest absolute Gasteiger partial charge is 0.480 e. The number of fused-ring (bicyclic) bond motifs is 1. The highest BCUT2D eigenvalue weighted by Crippen LogP contribution is 2.23. The van der Waals surface area contributed by atoms with Crippen molar-refractivity contribution in [3.05, 3.63) is 35.4 Å². The molecule has 0 bridgehead atoms. The van der Waals surface area contributed by atoms with Gasteiger partial charge in [0.25, 0.3) is 0 Å². The molecule has 96 valence electrons. The minimum absolute atomic E-state index is 0.246. The fourth-order valence-electron chi connectivity index (χ4n) is 2.11. The van der Waals surface area contributed by atoms with Gasteiger partial charge < -0.3 is 15.7 Å². The van der Waals surface area contributed by atoms with E-state index in [0.717, 1.165) is 17.7 Å². The Labute approximate surface area is 105 Å². The van der Waals surface area contributed by atoms with Gasteiger partial charge in [-0.1, -0.05) is 24.3 Å². The Morgan fingerprint density at radius 3 is 2.89 bits per heavy atom. The quantitative estimate of drug-likeness (QED) is 0.726. The third kappa shape index (κ3) is 2.51. The summed E-state index contributed by atoms with van der Waals surface area (Å²) >= 11 is 0. The Balaban J connectivity index is 2.15. The van der Waals surface area contributed by atoms with Gasteiger partial charge in [0, 0.05) is 13.1 Å². The molecule has 0 fully saturated rings. The van der Waals surface area contributed by atoms with Gasteiger partial charge in [-0.3, -0.25) is 9.59 Å². The summed E-state index contributed by atoms with van der Waals surface area (Å²) in [6, 6.07) is 6.85. The van der Waals surface area contributed by atoms with Gasteiger partial charge >= 0.3 is 5.97 Å². The summed E-state index contributed by atoms with van der Waals surface area (Å²) in [5.41, 5.74) is 2.07. The lowest BCUT2D eigenvalue weighted by Gasteiger charge is -2.26. The molecular weight excluding hydrogens is 232 g/mol. The standard InChI is InChI=1S/C13H16N2O3/c1-8(13(17)18)15-12(16)11-7-14-6-9-4-2-3-5-10(9)11/h2-5,8,11,14H,6-7H2,1H3,(H,15,16)(H,17,18)/t8-,11?/m1/s1. The maximum absolute atomic E-state index is 12.1. The molecule has 1 amide bonds. The summed E-state index contributed by atoms with van der Waals surface area (Å²) in [5.74, 6) is -1.60. The second-order valence-electron chi connectivity index (χ2n) is 4.45. The lowest BCUT2D eigenvalue weighted by atomic mass is 9.90. The summed E-state index contributed by atoms with van der Waals surface area (Å²) in [5, 5.41) is 14.5. The van der Waals surface area contributed by atoms with Gasteiger partial charge in [-0.05, 0) is 18.1 Å². The van der Waals surface area contributed by atoms with Gasteiger partial charge in [-0.2, -0.15) is 0 Å². The Morgan fingerprint density at radius 2 is 2.17 bits per heavy atom. The minimum atomic E-state index is -1.03. The number of carbonyl (C=O) groups excluding carboxylic acids is 1. The van der Waals surface area contributed by atoms with Crippen LogP contribution in [-0.2, 0) is 16.1 Å². The Bertz CT molecular complexity index is 473. The topological polar surface area (TPSA) is 78.4 Å². The molecule has 0 radical (unpaired) electrons. The Hall–Kier alpha value is -1.88. The molecule has 1 heterocycles. The predicted molar refractivity (Wildman–Crippen MR) is 66.1 cm³/mol. The normalized spacial score (nSPS) is 19.7. The van der Waals surface area contributed by atoms with Crippen molar-refractivity contribution in [3.63, 3.8) is 0 Å². The highest BCUT2D eigenvalue weighted by molar-refractivity contribution is 5.88. The smallest absolute Gasteiger partial charge is 0.325 e. The van der Waals surface area contributed by atoms with E-state index in [1.165, 1.54) is 6.92 Å². The summed E-state index contributed by atoms with van der Waals surface area (Å²) in [7, 11) is 0. The molecule has 0 aromatic heterocycles. The number of hydrogen-bond donors (Lipinski definition) is 3. The molecule has 1 aliphatic heterocycles. The first kappa shape index (κ1) is 12.6. The zero-order valence-corrected chi connectivity index (χ0v) is 10.1. The molecule has 1 unspecified atom stereocenters. The maximum Gasteiger partial charge on any atom is 0.325 e. The SMILES string of the molecule is C[C@@H](NC(=O)C1CNCc2ccccc21)C(=O)O. The molecule has 0 spiro atoms. The van der Waals surface area contributed by atoms with E-state index >= 15 is 0 Å². The third-order valence-corrected chi connectivity index (χ3v) is 3.14. The molecule has 3 N–H and O–H groups in total. The summed E-state index contributed by atoms with van der Waals surface area (Å²) in [6.07, 6.45) is 0. The predicted octanol–water partition coefficient (Wildman–Crippen LogP) is 0.463. The fourth-order valence-corrected chi connectivity index (χ4v) is 2.11. The lowest BCUT2D eigenvalue weighted by molar-refractivity contribution is -0.141. The van der Waals surface area contributed by atoms with Crippen LogP contribution in [0.1, 0.15) is 24.0 Å². The molecule has 5 heteroatoms. The van der Waals surface area contributed by atoms with Crippen LogP contribution >= 0.6 is 0 Å². The van der Waals surface area contributed by atoms with E-state index in [-0.39, 0.29) is 11.8 Å². The maximum atomic E-state index is 12.1. The highest BCUT2D eigenvalue weighted by atomic mass is 16.4. The van der Waals surface area contributed by atoms with Crippen LogP contribution in [0.5, 0.6) is 0 Å². The number of nitrogens with one attached hydrogen (secondary N) is 2. The van der Waals surface area contributed by atoms with Crippen LogP contribution in [0.15, 0.2) is 24.3 Å². The van der Waals surface area contributed by atoms with E-state index in [2.05, 4.69) is 10.6 Å². The molecule has 1 aliphatic rings. The molecule has 18 heavy (non-hydrogen) atoms. The van der Waals surface area contributed by atoms with E-state index in [1.807, 2.05) is 24.3 Å². The van der Waals surface area contributed by atoms with Crippen molar-refractivity contribution >= 4 is 11.9 Å². The molecule has 1 aromatic rings. The molecule has 1 aromatic carbocycles. The van der Waals surface area contributed by atoms with Crippen LogP contribution in [0.3, 0.4) is 0 Å². The van der Waals surface area contributed by atoms with Crippen molar-refractivity contribution in [2.75, 3.05) is 6.54 Å². The number of amides is 1. The van der Waals surface area contributed by atoms with Gasteiger partial charge in [0.05, 0.1) is 5.92 Å². The van der Waals surface area contributed by atoms with Gasteiger partial charge in [0.15, 0.2) is 0 Å². The van der Waals surface area contributed by atoms with E-state index in [9.17, 15) is 9.59 Å². The van der Waals surface area contributed by atoms with Crippen molar-refractivity contribution in [3.8, 4) is 0 Å². The van der Waals surface area contributed by atoms with E-state index in [0.29, 0.717) is 6.54 Å². The number of carboxylic acid groups (broad SMARTS) is 1. The second-order valence-corrected chi connectivity index (χ2v) is 4.45. The van der Waals surface area contributed by atoms with Crippen molar-refractivity contribution in [1.82, 2.24) is 10.6 Å². The van der Waals surface area contributed by atoms with Crippen LogP contribution in [-0.4, -0.2) is 29.6 Å². The summed E-state index contributed by atoms with van der Waals surface area (Å²) in [6.45, 7) is 2.74. The minimum Gasteiger partial charge on any atom is -0.480 e. The van der Waals surface area contributed by atoms with Crippen LogP contribution in [0.4, 0.5) is 0 Å². The van der Waals surface area contributed by atoms with Gasteiger partial charge in [0.1, 0.15) is 6.04 Å². The molecule has 0 saturated heterocycles. The summed E-state index contributed by atoms with van der Waals surface area (Å²) in [4.78, 5) is 22.8. The molecule has 0 saturated carbocycles. The van der Waals surface area contributed by atoms with E-state index < -0.39 is 12.0 Å². The number of rotatable bonds is 3. The Morgan fingerprint density at radius 1 is 1.44 bits per heavy atom. The second kappa shape index (κ2) is 5.18. The molecule has 0 aliphatic carbocycles. The van der Waals surface area contributed by atoms with E-state index in [1.54, 1.807) is 0 Å². The van der Waals surface area contributed by atoms with Crippen LogP contribution in [0.25, 0.3) is 0 Å². The lowest BCUT2D eigenvalue weighted by Crippen LogP contribution is -2.44. The van der Waals surface area contributed by atoms with Crippen LogP contribution in [0, 0.1) is 0 Å². The zero-order valence-electron chi connectivity index (χ0n) is 10.1. The van der Waals surface area contributed by atoms with Gasteiger partial charge in [-0.15, -0.1) is 0 Å². The first-order chi connectivity index (χ1) is 8.59. The van der Waals surface area contributed by atoms with E-state index in [4.69, 9.17) is 5.11 Å². The van der Waals surface area contributed by atoms with Gasteiger partial charge in [0.2, 0.25) is 5.91 Å². The van der Waals surface area contributed by atoms with Crippen molar-refractivity contribution in [2.24, 2.45) is 0 Å². The zero-order chi connectivity index (χ0) is 13.1. The average Bonchev–Trinajstić information content (AvgIpc) is 2.37. The molecular formula is C13H16N2O3. The molecule has 2 rings (SSSR count). The molecule has 2 atom stereocenters.